The largest absolute Gasteiger partial charge is 0.444 e. The smallest absolute Gasteiger partial charge is 0.410 e. The van der Waals surface area contributed by atoms with Crippen molar-refractivity contribution in [1.82, 2.24) is 15.1 Å². The van der Waals surface area contributed by atoms with Crippen LogP contribution >= 0.6 is 0 Å². The number of likely N-dealkylation sites (tertiary alicyclic amines) is 2. The van der Waals surface area contributed by atoms with E-state index < -0.39 is 5.60 Å². The summed E-state index contributed by atoms with van der Waals surface area (Å²) in [5, 5.41) is 3.75. The van der Waals surface area contributed by atoms with Gasteiger partial charge in [-0.05, 0) is 66.6 Å². The number of ether oxygens (including phenoxy) is 1. The van der Waals surface area contributed by atoms with Crippen LogP contribution in [0.15, 0.2) is 0 Å². The van der Waals surface area contributed by atoms with E-state index in [2.05, 4.69) is 17.3 Å². The number of carbonyl (C=O) groups is 1. The van der Waals surface area contributed by atoms with Crippen LogP contribution in [0, 0.1) is 0 Å². The third-order valence-electron chi connectivity index (χ3n) is 4.26. The number of amides is 1. The van der Waals surface area contributed by atoms with E-state index in [1.165, 1.54) is 32.4 Å². The van der Waals surface area contributed by atoms with Crippen LogP contribution in [0.2, 0.25) is 0 Å². The van der Waals surface area contributed by atoms with Crippen molar-refractivity contribution in [2.45, 2.75) is 64.1 Å². The highest BCUT2D eigenvalue weighted by Crippen LogP contribution is 2.17. The van der Waals surface area contributed by atoms with Crippen LogP contribution in [-0.2, 0) is 4.74 Å². The van der Waals surface area contributed by atoms with Crippen LogP contribution in [-0.4, -0.2) is 66.8 Å². The van der Waals surface area contributed by atoms with Crippen molar-refractivity contribution in [3.05, 3.63) is 0 Å². The third-order valence-corrected chi connectivity index (χ3v) is 4.26. The molecule has 21 heavy (non-hydrogen) atoms. The van der Waals surface area contributed by atoms with Gasteiger partial charge in [-0.2, -0.15) is 0 Å². The van der Waals surface area contributed by atoms with Crippen LogP contribution in [0.3, 0.4) is 0 Å². The molecule has 5 nitrogen and oxygen atoms in total. The maximum atomic E-state index is 12.1. The van der Waals surface area contributed by atoms with Gasteiger partial charge in [0, 0.05) is 25.2 Å². The Balaban J connectivity index is 1.76. The molecule has 1 N–H and O–H groups in total. The SMILES string of the molecule is CN1CCCC(NC2CCN(C(=O)OC(C)(C)C)C2)CC1. The molecule has 2 rings (SSSR count). The lowest BCUT2D eigenvalue weighted by atomic mass is 10.1. The van der Waals surface area contributed by atoms with Crippen molar-refractivity contribution in [3.63, 3.8) is 0 Å². The number of nitrogens with zero attached hydrogens (tertiary/aromatic N) is 2. The Morgan fingerprint density at radius 3 is 2.52 bits per heavy atom. The summed E-state index contributed by atoms with van der Waals surface area (Å²) in [5.74, 6) is 0. The quantitative estimate of drug-likeness (QED) is 0.847. The molecule has 0 aromatic rings. The summed E-state index contributed by atoms with van der Waals surface area (Å²) < 4.78 is 5.45. The number of carbonyl (C=O) groups excluding carboxylic acids is 1. The molecule has 0 spiro atoms. The molecular weight excluding hydrogens is 266 g/mol. The molecule has 2 atom stereocenters. The lowest BCUT2D eigenvalue weighted by Gasteiger charge is -2.25. The second-order valence-electron chi connectivity index (χ2n) is 7.51. The van der Waals surface area contributed by atoms with Gasteiger partial charge in [-0.15, -0.1) is 0 Å². The van der Waals surface area contributed by atoms with E-state index in [9.17, 15) is 4.79 Å². The Morgan fingerprint density at radius 1 is 1.10 bits per heavy atom. The summed E-state index contributed by atoms with van der Waals surface area (Å²) in [6.07, 6.45) is 4.57. The normalized spacial score (nSPS) is 28.5. The molecule has 2 heterocycles. The second kappa shape index (κ2) is 6.97. The fourth-order valence-electron chi connectivity index (χ4n) is 3.13. The molecule has 0 aromatic heterocycles. The summed E-state index contributed by atoms with van der Waals surface area (Å²) in [5.41, 5.74) is -0.408. The standard InChI is InChI=1S/C16H31N3O2/c1-16(2,3)21-15(20)19-11-8-14(12-19)17-13-6-5-9-18(4)10-7-13/h13-14,17H,5-12H2,1-4H3. The third kappa shape index (κ3) is 5.47. The molecule has 2 aliphatic rings. The summed E-state index contributed by atoms with van der Waals surface area (Å²) in [6.45, 7) is 9.70. The first-order chi connectivity index (χ1) is 9.83. The van der Waals surface area contributed by atoms with Gasteiger partial charge in [0.15, 0.2) is 0 Å². The molecule has 0 radical (unpaired) electrons. The topological polar surface area (TPSA) is 44.8 Å². The van der Waals surface area contributed by atoms with Gasteiger partial charge in [0.2, 0.25) is 0 Å². The highest BCUT2D eigenvalue weighted by atomic mass is 16.6. The highest BCUT2D eigenvalue weighted by Gasteiger charge is 2.30. The zero-order valence-corrected chi connectivity index (χ0v) is 14.0. The van der Waals surface area contributed by atoms with Gasteiger partial charge in [0.25, 0.3) is 0 Å². The van der Waals surface area contributed by atoms with Crippen LogP contribution in [0.5, 0.6) is 0 Å². The molecule has 2 aliphatic heterocycles. The van der Waals surface area contributed by atoms with Crippen LogP contribution in [0.4, 0.5) is 4.79 Å². The minimum absolute atomic E-state index is 0.174. The fraction of sp³-hybridized carbons (Fsp3) is 0.938. The van der Waals surface area contributed by atoms with E-state index in [1.54, 1.807) is 0 Å². The highest BCUT2D eigenvalue weighted by molar-refractivity contribution is 5.68. The van der Waals surface area contributed by atoms with Gasteiger partial charge >= 0.3 is 6.09 Å². The average Bonchev–Trinajstić information content (AvgIpc) is 2.73. The van der Waals surface area contributed by atoms with E-state index in [1.807, 2.05) is 25.7 Å². The Morgan fingerprint density at radius 2 is 1.81 bits per heavy atom. The van der Waals surface area contributed by atoms with Gasteiger partial charge in [0.1, 0.15) is 5.60 Å². The number of hydrogen-bond acceptors (Lipinski definition) is 4. The summed E-state index contributed by atoms with van der Waals surface area (Å²) in [6, 6.07) is 1.02. The molecule has 2 fully saturated rings. The minimum atomic E-state index is -0.408. The molecule has 0 bridgehead atoms. The van der Waals surface area contributed by atoms with E-state index in [0.717, 1.165) is 19.5 Å². The molecule has 0 aliphatic carbocycles. The fourth-order valence-corrected chi connectivity index (χ4v) is 3.13. The van der Waals surface area contributed by atoms with Crippen molar-refractivity contribution in [3.8, 4) is 0 Å². The summed E-state index contributed by atoms with van der Waals surface area (Å²) in [7, 11) is 2.20. The average molecular weight is 297 g/mol. The molecule has 122 valence electrons. The minimum Gasteiger partial charge on any atom is -0.444 e. The van der Waals surface area contributed by atoms with Crippen molar-refractivity contribution in [1.29, 1.82) is 0 Å². The van der Waals surface area contributed by atoms with Crippen LogP contribution in [0.1, 0.15) is 46.5 Å². The van der Waals surface area contributed by atoms with E-state index in [4.69, 9.17) is 4.74 Å². The summed E-state index contributed by atoms with van der Waals surface area (Å²) >= 11 is 0. The Labute approximate surface area is 129 Å². The molecule has 1 amide bonds. The van der Waals surface area contributed by atoms with Gasteiger partial charge in [-0.25, -0.2) is 4.79 Å². The molecule has 2 unspecified atom stereocenters. The van der Waals surface area contributed by atoms with Crippen LogP contribution < -0.4 is 5.32 Å². The molecule has 0 aromatic carbocycles. The first-order valence-electron chi connectivity index (χ1n) is 8.26. The summed E-state index contributed by atoms with van der Waals surface area (Å²) in [4.78, 5) is 16.3. The van der Waals surface area contributed by atoms with E-state index in [-0.39, 0.29) is 6.09 Å². The van der Waals surface area contributed by atoms with E-state index >= 15 is 0 Å². The van der Waals surface area contributed by atoms with Gasteiger partial charge in [0.05, 0.1) is 0 Å². The van der Waals surface area contributed by atoms with Gasteiger partial charge in [-0.1, -0.05) is 0 Å². The first kappa shape index (κ1) is 16.6. The van der Waals surface area contributed by atoms with Crippen molar-refractivity contribution >= 4 is 6.09 Å². The van der Waals surface area contributed by atoms with Crippen LogP contribution in [0.25, 0.3) is 0 Å². The molecule has 5 heteroatoms. The lowest BCUT2D eigenvalue weighted by molar-refractivity contribution is 0.0290. The zero-order chi connectivity index (χ0) is 15.5. The molecule has 2 saturated heterocycles. The Hall–Kier alpha value is -0.810. The zero-order valence-electron chi connectivity index (χ0n) is 14.0. The van der Waals surface area contributed by atoms with Crippen molar-refractivity contribution in [2.75, 3.05) is 33.2 Å². The predicted molar refractivity (Wildman–Crippen MR) is 84.5 cm³/mol. The van der Waals surface area contributed by atoms with E-state index in [0.29, 0.717) is 12.1 Å². The number of hydrogen-bond donors (Lipinski definition) is 1. The first-order valence-corrected chi connectivity index (χ1v) is 8.26. The van der Waals surface area contributed by atoms with Crippen molar-refractivity contribution in [2.24, 2.45) is 0 Å². The predicted octanol–water partition coefficient (Wildman–Crippen LogP) is 2.07. The second-order valence-corrected chi connectivity index (χ2v) is 7.51. The molecular formula is C16H31N3O2. The van der Waals surface area contributed by atoms with Gasteiger partial charge in [-0.3, -0.25) is 0 Å². The van der Waals surface area contributed by atoms with Crippen molar-refractivity contribution < 1.29 is 9.53 Å². The number of rotatable bonds is 2. The maximum Gasteiger partial charge on any atom is 0.410 e. The monoisotopic (exact) mass is 297 g/mol. The molecule has 0 saturated carbocycles. The Kier molecular flexibility index (Phi) is 5.49. The number of nitrogens with one attached hydrogen (secondary N) is 1. The van der Waals surface area contributed by atoms with Gasteiger partial charge < -0.3 is 19.9 Å². The Bertz CT molecular complexity index is 354. The lowest BCUT2D eigenvalue weighted by Crippen LogP contribution is -2.42. The maximum absolute atomic E-state index is 12.1.